The van der Waals surface area contributed by atoms with Crippen LogP contribution in [0, 0.1) is 5.82 Å². The zero-order valence-electron chi connectivity index (χ0n) is 13.0. The van der Waals surface area contributed by atoms with Gasteiger partial charge in [-0.15, -0.1) is 11.3 Å². The van der Waals surface area contributed by atoms with Gasteiger partial charge in [-0.25, -0.2) is 4.39 Å². The first kappa shape index (κ1) is 15.3. The average Bonchev–Trinajstić information content (AvgIpc) is 3.10. The van der Waals surface area contributed by atoms with Gasteiger partial charge in [0, 0.05) is 34.9 Å². The Bertz CT molecular complexity index is 841. The quantitative estimate of drug-likeness (QED) is 0.811. The van der Waals surface area contributed by atoms with Crippen molar-refractivity contribution >= 4 is 28.7 Å². The Morgan fingerprint density at radius 2 is 1.92 bits per heavy atom. The number of rotatable bonds is 2. The summed E-state index contributed by atoms with van der Waals surface area (Å²) in [6.45, 7) is 0. The van der Waals surface area contributed by atoms with Crippen LogP contribution in [0.3, 0.4) is 0 Å². The summed E-state index contributed by atoms with van der Waals surface area (Å²) in [5.74, 6) is -0.691. The number of nitrogens with zero attached hydrogens (tertiary/aromatic N) is 1. The predicted octanol–water partition coefficient (Wildman–Crippen LogP) is 4.41. The van der Waals surface area contributed by atoms with E-state index in [2.05, 4.69) is 0 Å². The second-order valence-corrected chi connectivity index (χ2v) is 7.07. The van der Waals surface area contributed by atoms with Crippen LogP contribution in [0.4, 0.5) is 10.1 Å². The zero-order chi connectivity index (χ0) is 16.7. The highest BCUT2D eigenvalue weighted by Crippen LogP contribution is 2.44. The summed E-state index contributed by atoms with van der Waals surface area (Å²) in [6.07, 6.45) is 2.04. The van der Waals surface area contributed by atoms with Crippen molar-refractivity contribution < 1.29 is 14.0 Å². The van der Waals surface area contributed by atoms with Gasteiger partial charge in [0.05, 0.1) is 5.69 Å². The number of ketones is 1. The van der Waals surface area contributed by atoms with Crippen LogP contribution in [0.25, 0.3) is 0 Å². The highest BCUT2D eigenvalue weighted by atomic mass is 32.1. The summed E-state index contributed by atoms with van der Waals surface area (Å²) < 4.78 is 14.3. The van der Waals surface area contributed by atoms with Crippen molar-refractivity contribution in [3.63, 3.8) is 0 Å². The van der Waals surface area contributed by atoms with E-state index in [-0.39, 0.29) is 29.7 Å². The molecule has 1 aliphatic heterocycles. The number of anilines is 1. The molecule has 0 spiro atoms. The lowest BCUT2D eigenvalue weighted by molar-refractivity contribution is -0.119. The van der Waals surface area contributed by atoms with Crippen molar-refractivity contribution in [3.8, 4) is 0 Å². The third-order valence-corrected chi connectivity index (χ3v) is 5.64. The fraction of sp³-hybridized carbons (Fsp3) is 0.263. The van der Waals surface area contributed by atoms with Gasteiger partial charge in [-0.2, -0.15) is 0 Å². The average molecular weight is 341 g/mol. The van der Waals surface area contributed by atoms with Gasteiger partial charge in [0.15, 0.2) is 5.78 Å². The maximum atomic E-state index is 14.3. The lowest BCUT2D eigenvalue weighted by Gasteiger charge is -2.38. The van der Waals surface area contributed by atoms with Gasteiger partial charge in [0.2, 0.25) is 5.91 Å². The standard InChI is InChI=1S/C19H16FNO2S/c20-13-5-1-2-6-14(13)21-15-7-3-8-16(22)19(15)12(11-18(21)23)17-9-4-10-24-17/h1-2,4-6,9-10,12H,3,7-8,11H2/t12-/m0/s1. The van der Waals surface area contributed by atoms with Crippen molar-refractivity contribution in [1.29, 1.82) is 0 Å². The number of amides is 1. The summed E-state index contributed by atoms with van der Waals surface area (Å²) in [6, 6.07) is 10.2. The third-order valence-electron chi connectivity index (χ3n) is 4.66. The van der Waals surface area contributed by atoms with Gasteiger partial charge < -0.3 is 0 Å². The van der Waals surface area contributed by atoms with Crippen molar-refractivity contribution in [2.75, 3.05) is 4.90 Å². The molecular weight excluding hydrogens is 325 g/mol. The fourth-order valence-corrected chi connectivity index (χ4v) is 4.47. The van der Waals surface area contributed by atoms with E-state index in [4.69, 9.17) is 0 Å². The van der Waals surface area contributed by atoms with Crippen LogP contribution in [0.5, 0.6) is 0 Å². The van der Waals surface area contributed by atoms with E-state index in [0.717, 1.165) is 4.88 Å². The molecule has 1 aromatic heterocycles. The molecule has 3 nitrogen and oxygen atoms in total. The maximum absolute atomic E-state index is 14.3. The van der Waals surface area contributed by atoms with E-state index >= 15 is 0 Å². The molecule has 0 unspecified atom stereocenters. The van der Waals surface area contributed by atoms with Gasteiger partial charge in [-0.3, -0.25) is 14.5 Å². The SMILES string of the molecule is O=C1CCCC2=C1[C@H](c1cccs1)CC(=O)N2c1ccccc1F. The Hall–Kier alpha value is -2.27. The predicted molar refractivity (Wildman–Crippen MR) is 91.4 cm³/mol. The Morgan fingerprint density at radius 1 is 1.08 bits per heavy atom. The monoisotopic (exact) mass is 341 g/mol. The van der Waals surface area contributed by atoms with Gasteiger partial charge in [0.25, 0.3) is 0 Å². The van der Waals surface area contributed by atoms with Crippen LogP contribution in [-0.4, -0.2) is 11.7 Å². The topological polar surface area (TPSA) is 37.4 Å². The first-order valence-corrected chi connectivity index (χ1v) is 8.92. The molecule has 2 heterocycles. The number of carbonyl (C=O) groups excluding carboxylic acids is 2. The molecule has 4 rings (SSSR count). The Kier molecular flexibility index (Phi) is 3.81. The molecule has 1 atom stereocenters. The van der Waals surface area contributed by atoms with E-state index < -0.39 is 5.82 Å². The molecule has 0 bridgehead atoms. The minimum absolute atomic E-state index is 0.0866. The molecule has 2 aliphatic rings. The second-order valence-electron chi connectivity index (χ2n) is 6.09. The normalized spacial score (nSPS) is 21.2. The molecule has 24 heavy (non-hydrogen) atoms. The molecule has 0 saturated carbocycles. The molecule has 0 N–H and O–H groups in total. The molecule has 122 valence electrons. The number of para-hydroxylation sites is 1. The minimum atomic E-state index is -0.440. The lowest BCUT2D eigenvalue weighted by atomic mass is 9.79. The molecule has 1 aromatic carbocycles. The van der Waals surface area contributed by atoms with Crippen LogP contribution < -0.4 is 4.90 Å². The minimum Gasteiger partial charge on any atom is -0.294 e. The van der Waals surface area contributed by atoms with E-state index in [0.29, 0.717) is 30.5 Å². The zero-order valence-corrected chi connectivity index (χ0v) is 13.8. The van der Waals surface area contributed by atoms with Crippen LogP contribution in [0.2, 0.25) is 0 Å². The number of hydrogen-bond acceptors (Lipinski definition) is 3. The summed E-state index contributed by atoms with van der Waals surface area (Å²) in [5.41, 5.74) is 1.63. The van der Waals surface area contributed by atoms with Crippen molar-refractivity contribution in [3.05, 3.63) is 63.7 Å². The first-order chi connectivity index (χ1) is 11.7. The van der Waals surface area contributed by atoms with E-state index in [1.165, 1.54) is 11.0 Å². The van der Waals surface area contributed by atoms with Gasteiger partial charge >= 0.3 is 0 Å². The van der Waals surface area contributed by atoms with E-state index in [9.17, 15) is 14.0 Å². The van der Waals surface area contributed by atoms with Crippen molar-refractivity contribution in [2.24, 2.45) is 0 Å². The molecule has 0 radical (unpaired) electrons. The smallest absolute Gasteiger partial charge is 0.232 e. The molecule has 0 fully saturated rings. The Morgan fingerprint density at radius 3 is 2.67 bits per heavy atom. The number of halogens is 1. The van der Waals surface area contributed by atoms with Gasteiger partial charge in [0.1, 0.15) is 5.82 Å². The fourth-order valence-electron chi connectivity index (χ4n) is 3.64. The van der Waals surface area contributed by atoms with E-state index in [1.807, 2.05) is 17.5 Å². The highest BCUT2D eigenvalue weighted by Gasteiger charge is 2.40. The molecule has 0 saturated heterocycles. The summed E-state index contributed by atoms with van der Waals surface area (Å²) >= 11 is 1.56. The number of hydrogen-bond donors (Lipinski definition) is 0. The number of carbonyl (C=O) groups is 2. The molecular formula is C19H16FNO2S. The molecule has 2 aromatic rings. The number of benzene rings is 1. The molecule has 1 amide bonds. The van der Waals surface area contributed by atoms with Crippen molar-refractivity contribution in [2.45, 2.75) is 31.6 Å². The second kappa shape index (κ2) is 5.98. The van der Waals surface area contributed by atoms with Crippen LogP contribution in [0.15, 0.2) is 53.0 Å². The number of Topliss-reactive ketones (excluding diaryl/α,β-unsaturated/α-hetero) is 1. The molecule has 5 heteroatoms. The van der Waals surface area contributed by atoms with Crippen LogP contribution >= 0.6 is 11.3 Å². The van der Waals surface area contributed by atoms with Crippen molar-refractivity contribution in [1.82, 2.24) is 0 Å². The third kappa shape index (κ3) is 2.40. The summed E-state index contributed by atoms with van der Waals surface area (Å²) in [4.78, 5) is 27.9. The molecule has 1 aliphatic carbocycles. The van der Waals surface area contributed by atoms with Gasteiger partial charge in [-0.1, -0.05) is 18.2 Å². The Labute approximate surface area is 143 Å². The van der Waals surface area contributed by atoms with Crippen LogP contribution in [-0.2, 0) is 9.59 Å². The summed E-state index contributed by atoms with van der Waals surface area (Å²) in [7, 11) is 0. The first-order valence-electron chi connectivity index (χ1n) is 8.04. The van der Waals surface area contributed by atoms with Crippen LogP contribution in [0.1, 0.15) is 36.5 Å². The highest BCUT2D eigenvalue weighted by molar-refractivity contribution is 7.10. The van der Waals surface area contributed by atoms with E-state index in [1.54, 1.807) is 29.5 Å². The van der Waals surface area contributed by atoms with Gasteiger partial charge in [-0.05, 0) is 36.4 Å². The Balaban J connectivity index is 1.89. The summed E-state index contributed by atoms with van der Waals surface area (Å²) in [5, 5.41) is 1.95. The maximum Gasteiger partial charge on any atom is 0.232 e. The number of allylic oxidation sites excluding steroid dienone is 2. The lowest BCUT2D eigenvalue weighted by Crippen LogP contribution is -2.40. The number of thiophene rings is 1. The largest absolute Gasteiger partial charge is 0.294 e.